The molecule has 0 heterocycles. The molecule has 0 aliphatic carbocycles. The number of phenols is 1. The average Bonchev–Trinajstić information content (AvgIpc) is 2.19. The molecule has 0 aromatic heterocycles. The Hall–Kier alpha value is -0.980. The highest BCUT2D eigenvalue weighted by Crippen LogP contribution is 2.36. The largest absolute Gasteiger partial charge is 0.508 e. The molecule has 1 aromatic carbocycles. The van der Waals surface area contributed by atoms with Crippen molar-refractivity contribution in [2.75, 3.05) is 0 Å². The van der Waals surface area contributed by atoms with E-state index in [1.807, 2.05) is 12.1 Å². The van der Waals surface area contributed by atoms with E-state index in [9.17, 15) is 5.11 Å². The van der Waals surface area contributed by atoms with Gasteiger partial charge in [-0.1, -0.05) is 52.7 Å². The normalized spacial score (nSPS) is 12.1. The molecule has 0 amide bonds. The summed E-state index contributed by atoms with van der Waals surface area (Å²) < 4.78 is 0. The first-order chi connectivity index (χ1) is 7.02. The van der Waals surface area contributed by atoms with Gasteiger partial charge in [-0.25, -0.2) is 0 Å². The Labute approximate surface area is 93.1 Å². The van der Waals surface area contributed by atoms with Gasteiger partial charge in [-0.2, -0.15) is 0 Å². The fourth-order valence-corrected chi connectivity index (χ4v) is 2.44. The van der Waals surface area contributed by atoms with Crippen molar-refractivity contribution in [1.82, 2.24) is 0 Å². The second-order valence-corrected chi connectivity index (χ2v) is 4.78. The van der Waals surface area contributed by atoms with Gasteiger partial charge in [-0.05, 0) is 29.0 Å². The lowest BCUT2D eigenvalue weighted by Crippen LogP contribution is -2.27. The third-order valence-electron chi connectivity index (χ3n) is 3.62. The number of aromatic hydroxyl groups is 1. The highest BCUT2D eigenvalue weighted by molar-refractivity contribution is 5.31. The molecule has 1 nitrogen and oxygen atoms in total. The molecule has 0 fully saturated rings. The molecule has 1 N–H and O–H groups in total. The monoisotopic (exact) mass is 206 g/mol. The number of hydrogen-bond donors (Lipinski definition) is 1. The number of rotatable bonds is 4. The molecule has 0 saturated heterocycles. The number of phenolic OH excluding ortho intramolecular Hbond substituents is 1. The van der Waals surface area contributed by atoms with Crippen LogP contribution >= 0.6 is 0 Å². The van der Waals surface area contributed by atoms with Gasteiger partial charge in [0.15, 0.2) is 0 Å². The van der Waals surface area contributed by atoms with Crippen molar-refractivity contribution in [1.29, 1.82) is 0 Å². The van der Waals surface area contributed by atoms with Crippen molar-refractivity contribution < 1.29 is 5.11 Å². The van der Waals surface area contributed by atoms with E-state index < -0.39 is 0 Å². The molecule has 1 rings (SSSR count). The topological polar surface area (TPSA) is 20.2 Å². The van der Waals surface area contributed by atoms with Crippen molar-refractivity contribution >= 4 is 0 Å². The van der Waals surface area contributed by atoms with Crippen LogP contribution in [-0.4, -0.2) is 5.11 Å². The van der Waals surface area contributed by atoms with Gasteiger partial charge in [0, 0.05) is 0 Å². The van der Waals surface area contributed by atoms with Crippen LogP contribution in [0.4, 0.5) is 0 Å². The standard InChI is InChI=1S/C14H22O/c1-5-11(6-2)14(3,4)12-7-9-13(15)10-8-12/h7-11,15H,5-6H2,1-4H3. The Morgan fingerprint density at radius 3 is 1.93 bits per heavy atom. The molecule has 0 unspecified atom stereocenters. The highest BCUT2D eigenvalue weighted by Gasteiger charge is 2.28. The first kappa shape index (κ1) is 12.1. The van der Waals surface area contributed by atoms with Crippen LogP contribution in [0.25, 0.3) is 0 Å². The average molecular weight is 206 g/mol. The second kappa shape index (κ2) is 4.69. The molecule has 0 aliphatic heterocycles. The Bertz CT molecular complexity index is 294. The van der Waals surface area contributed by atoms with E-state index >= 15 is 0 Å². The minimum Gasteiger partial charge on any atom is -0.508 e. The third-order valence-corrected chi connectivity index (χ3v) is 3.62. The van der Waals surface area contributed by atoms with Gasteiger partial charge < -0.3 is 5.11 Å². The summed E-state index contributed by atoms with van der Waals surface area (Å²) >= 11 is 0. The van der Waals surface area contributed by atoms with Crippen molar-refractivity contribution in [3.8, 4) is 5.75 Å². The summed E-state index contributed by atoms with van der Waals surface area (Å²) in [4.78, 5) is 0. The van der Waals surface area contributed by atoms with Gasteiger partial charge in [0.25, 0.3) is 0 Å². The molecular weight excluding hydrogens is 184 g/mol. The summed E-state index contributed by atoms with van der Waals surface area (Å²) in [5.41, 5.74) is 1.51. The zero-order chi connectivity index (χ0) is 11.5. The summed E-state index contributed by atoms with van der Waals surface area (Å²) in [6.45, 7) is 9.07. The van der Waals surface area contributed by atoms with Gasteiger partial charge in [0.2, 0.25) is 0 Å². The molecule has 0 atom stereocenters. The molecule has 15 heavy (non-hydrogen) atoms. The molecule has 1 aromatic rings. The van der Waals surface area contributed by atoms with Gasteiger partial charge in [-0.15, -0.1) is 0 Å². The van der Waals surface area contributed by atoms with Gasteiger partial charge in [0.05, 0.1) is 0 Å². The van der Waals surface area contributed by atoms with E-state index in [1.54, 1.807) is 12.1 Å². The summed E-state index contributed by atoms with van der Waals surface area (Å²) in [7, 11) is 0. The zero-order valence-electron chi connectivity index (χ0n) is 10.2. The molecule has 0 radical (unpaired) electrons. The summed E-state index contributed by atoms with van der Waals surface area (Å²) in [6.07, 6.45) is 2.40. The van der Waals surface area contributed by atoms with Crippen LogP contribution in [0, 0.1) is 5.92 Å². The van der Waals surface area contributed by atoms with Crippen molar-refractivity contribution in [2.24, 2.45) is 5.92 Å². The molecular formula is C14H22O. The summed E-state index contributed by atoms with van der Waals surface area (Å²) in [5.74, 6) is 1.04. The van der Waals surface area contributed by atoms with E-state index in [4.69, 9.17) is 0 Å². The molecule has 0 bridgehead atoms. The fraction of sp³-hybridized carbons (Fsp3) is 0.571. The summed E-state index contributed by atoms with van der Waals surface area (Å²) in [6, 6.07) is 7.63. The zero-order valence-corrected chi connectivity index (χ0v) is 10.2. The molecule has 1 heteroatoms. The van der Waals surface area contributed by atoms with E-state index in [-0.39, 0.29) is 5.41 Å². The molecule has 0 saturated carbocycles. The highest BCUT2D eigenvalue weighted by atomic mass is 16.3. The van der Waals surface area contributed by atoms with E-state index in [0.717, 1.165) is 0 Å². The Kier molecular flexibility index (Phi) is 3.78. The van der Waals surface area contributed by atoms with Gasteiger partial charge in [-0.3, -0.25) is 0 Å². The number of hydrogen-bond acceptors (Lipinski definition) is 1. The van der Waals surface area contributed by atoms with Crippen LogP contribution in [0.1, 0.15) is 46.1 Å². The van der Waals surface area contributed by atoms with E-state index in [2.05, 4.69) is 27.7 Å². The third kappa shape index (κ3) is 2.53. The fourth-order valence-electron chi connectivity index (χ4n) is 2.44. The van der Waals surface area contributed by atoms with Crippen LogP contribution < -0.4 is 0 Å². The maximum absolute atomic E-state index is 9.28. The van der Waals surface area contributed by atoms with Gasteiger partial charge >= 0.3 is 0 Å². The van der Waals surface area contributed by atoms with Crippen molar-refractivity contribution in [2.45, 2.75) is 46.0 Å². The Balaban J connectivity index is 2.98. The lowest BCUT2D eigenvalue weighted by atomic mass is 9.71. The molecule has 0 aliphatic rings. The lowest BCUT2D eigenvalue weighted by molar-refractivity contribution is 0.299. The van der Waals surface area contributed by atoms with Gasteiger partial charge in [0.1, 0.15) is 5.75 Å². The predicted octanol–water partition coefficient (Wildman–Crippen LogP) is 4.11. The first-order valence-corrected chi connectivity index (χ1v) is 5.81. The van der Waals surface area contributed by atoms with Crippen molar-refractivity contribution in [3.63, 3.8) is 0 Å². The van der Waals surface area contributed by atoms with Crippen LogP contribution in [0.3, 0.4) is 0 Å². The lowest BCUT2D eigenvalue weighted by Gasteiger charge is -2.34. The maximum Gasteiger partial charge on any atom is 0.115 e. The Morgan fingerprint density at radius 2 is 1.53 bits per heavy atom. The smallest absolute Gasteiger partial charge is 0.115 e. The second-order valence-electron chi connectivity index (χ2n) is 4.78. The predicted molar refractivity (Wildman–Crippen MR) is 65.2 cm³/mol. The summed E-state index contributed by atoms with van der Waals surface area (Å²) in [5, 5.41) is 9.28. The maximum atomic E-state index is 9.28. The molecule has 84 valence electrons. The van der Waals surface area contributed by atoms with Crippen LogP contribution in [0.15, 0.2) is 24.3 Å². The number of benzene rings is 1. The molecule has 0 spiro atoms. The van der Waals surface area contributed by atoms with Crippen molar-refractivity contribution in [3.05, 3.63) is 29.8 Å². The Morgan fingerprint density at radius 1 is 1.07 bits per heavy atom. The first-order valence-electron chi connectivity index (χ1n) is 5.81. The van der Waals surface area contributed by atoms with E-state index in [0.29, 0.717) is 11.7 Å². The van der Waals surface area contributed by atoms with Crippen LogP contribution in [0.2, 0.25) is 0 Å². The SMILES string of the molecule is CCC(CC)C(C)(C)c1ccc(O)cc1. The minimum atomic E-state index is 0.192. The van der Waals surface area contributed by atoms with E-state index in [1.165, 1.54) is 18.4 Å². The quantitative estimate of drug-likeness (QED) is 0.786. The van der Waals surface area contributed by atoms with Crippen LogP contribution in [0.5, 0.6) is 5.75 Å². The van der Waals surface area contributed by atoms with Crippen LogP contribution in [-0.2, 0) is 5.41 Å². The minimum absolute atomic E-state index is 0.192.